The Labute approximate surface area is 121 Å². The molecule has 0 spiro atoms. The van der Waals surface area contributed by atoms with Crippen molar-refractivity contribution in [1.82, 2.24) is 0 Å². The van der Waals surface area contributed by atoms with Crippen LogP contribution in [0.3, 0.4) is 0 Å². The van der Waals surface area contributed by atoms with Crippen LogP contribution in [-0.2, 0) is 4.74 Å². The summed E-state index contributed by atoms with van der Waals surface area (Å²) in [4.78, 5) is 23.3. The maximum atomic E-state index is 11.0. The van der Waals surface area contributed by atoms with Crippen molar-refractivity contribution in [2.24, 2.45) is 0 Å². The molecule has 0 fully saturated rings. The van der Waals surface area contributed by atoms with E-state index in [4.69, 9.17) is 9.84 Å². The molecule has 21 heavy (non-hydrogen) atoms. The summed E-state index contributed by atoms with van der Waals surface area (Å²) < 4.78 is 5.07. The van der Waals surface area contributed by atoms with Crippen molar-refractivity contribution < 1.29 is 19.6 Å². The highest BCUT2D eigenvalue weighted by Gasteiger charge is 2.22. The molecule has 0 saturated heterocycles. The van der Waals surface area contributed by atoms with E-state index >= 15 is 0 Å². The number of hydrogen-bond acceptors (Lipinski definition) is 5. The van der Waals surface area contributed by atoms with Crippen LogP contribution in [0.15, 0.2) is 29.8 Å². The lowest BCUT2D eigenvalue weighted by Gasteiger charge is -2.28. The van der Waals surface area contributed by atoms with Gasteiger partial charge < -0.3 is 14.7 Å². The smallest absolute Gasteiger partial charge is 0.342 e. The number of ether oxygens (including phenoxy) is 1. The van der Waals surface area contributed by atoms with Gasteiger partial charge in [0.05, 0.1) is 11.5 Å². The normalized spacial score (nSPS) is 14.7. The first-order valence-corrected chi connectivity index (χ1v) is 6.46. The second-order valence-electron chi connectivity index (χ2n) is 4.76. The highest BCUT2D eigenvalue weighted by molar-refractivity contribution is 5.93. The molecule has 1 aliphatic heterocycles. The summed E-state index contributed by atoms with van der Waals surface area (Å²) in [7, 11) is 1.64. The summed E-state index contributed by atoms with van der Waals surface area (Å²) in [5.74, 6) is -1.30. The van der Waals surface area contributed by atoms with Crippen LogP contribution < -0.4 is 4.90 Å². The van der Waals surface area contributed by atoms with Crippen molar-refractivity contribution in [2.75, 3.05) is 31.7 Å². The van der Waals surface area contributed by atoms with E-state index in [0.717, 1.165) is 13.0 Å². The maximum absolute atomic E-state index is 11.0. The van der Waals surface area contributed by atoms with Crippen LogP contribution in [0.25, 0.3) is 0 Å². The Morgan fingerprint density at radius 3 is 2.81 bits per heavy atom. The lowest BCUT2D eigenvalue weighted by Crippen LogP contribution is -2.29. The SMILES string of the molecule is COCC1=CCN(c2ccc(C(=O)O)c([N+](=O)[O-])c2)CC1. The predicted molar refractivity (Wildman–Crippen MR) is 76.8 cm³/mol. The first kappa shape index (κ1) is 15.0. The lowest BCUT2D eigenvalue weighted by atomic mass is 10.1. The van der Waals surface area contributed by atoms with Gasteiger partial charge in [-0.25, -0.2) is 4.79 Å². The van der Waals surface area contributed by atoms with Gasteiger partial charge in [-0.3, -0.25) is 10.1 Å². The summed E-state index contributed by atoms with van der Waals surface area (Å²) in [5, 5.41) is 20.0. The van der Waals surface area contributed by atoms with Gasteiger partial charge in [0, 0.05) is 32.0 Å². The minimum Gasteiger partial charge on any atom is -0.477 e. The Balaban J connectivity index is 2.24. The Bertz CT molecular complexity index is 597. The number of nitro groups is 1. The monoisotopic (exact) mass is 292 g/mol. The van der Waals surface area contributed by atoms with Crippen molar-refractivity contribution >= 4 is 17.3 Å². The average Bonchev–Trinajstić information content (AvgIpc) is 2.47. The maximum Gasteiger partial charge on any atom is 0.342 e. The van der Waals surface area contributed by atoms with Gasteiger partial charge >= 0.3 is 5.97 Å². The first-order valence-electron chi connectivity index (χ1n) is 6.46. The van der Waals surface area contributed by atoms with Crippen LogP contribution in [0, 0.1) is 10.1 Å². The molecule has 0 aliphatic carbocycles. The molecule has 1 heterocycles. The second kappa shape index (κ2) is 6.36. The summed E-state index contributed by atoms with van der Waals surface area (Å²) in [6.45, 7) is 1.94. The Hall–Kier alpha value is -2.41. The predicted octanol–water partition coefficient (Wildman–Crippen LogP) is 2.08. The largest absolute Gasteiger partial charge is 0.477 e. The average molecular weight is 292 g/mol. The van der Waals surface area contributed by atoms with Gasteiger partial charge in [-0.05, 0) is 24.1 Å². The third kappa shape index (κ3) is 3.38. The third-order valence-corrected chi connectivity index (χ3v) is 3.41. The molecule has 1 aromatic carbocycles. The molecule has 0 amide bonds. The molecule has 0 bridgehead atoms. The minimum atomic E-state index is -1.30. The van der Waals surface area contributed by atoms with E-state index in [1.807, 2.05) is 11.0 Å². The molecule has 1 N–H and O–H groups in total. The highest BCUT2D eigenvalue weighted by atomic mass is 16.6. The zero-order chi connectivity index (χ0) is 15.4. The minimum absolute atomic E-state index is 0.295. The molecule has 7 nitrogen and oxygen atoms in total. The molecule has 1 aliphatic rings. The number of methoxy groups -OCH3 is 1. The molecule has 112 valence electrons. The number of carboxylic acid groups (broad SMARTS) is 1. The molecule has 1 aromatic rings. The molecule has 0 atom stereocenters. The number of carbonyl (C=O) groups is 1. The van der Waals surface area contributed by atoms with Gasteiger partial charge in [0.15, 0.2) is 0 Å². The first-order chi connectivity index (χ1) is 10.0. The van der Waals surface area contributed by atoms with Gasteiger partial charge in [0.1, 0.15) is 5.56 Å². The quantitative estimate of drug-likeness (QED) is 0.507. The van der Waals surface area contributed by atoms with Crippen LogP contribution in [0.2, 0.25) is 0 Å². The van der Waals surface area contributed by atoms with E-state index in [1.165, 1.54) is 17.7 Å². The number of hydrogen-bond donors (Lipinski definition) is 1. The van der Waals surface area contributed by atoms with E-state index in [2.05, 4.69) is 0 Å². The zero-order valence-electron chi connectivity index (χ0n) is 11.6. The summed E-state index contributed by atoms with van der Waals surface area (Å²) >= 11 is 0. The standard InChI is InChI=1S/C14H16N2O5/c1-21-9-10-4-6-15(7-5-10)11-2-3-12(14(17)18)13(8-11)16(19)20/h2-4,8H,5-7,9H2,1H3,(H,17,18). The Morgan fingerprint density at radius 2 is 2.29 bits per heavy atom. The number of carboxylic acids is 1. The molecule has 0 radical (unpaired) electrons. The molecule has 0 saturated carbocycles. The fraction of sp³-hybridized carbons (Fsp3) is 0.357. The van der Waals surface area contributed by atoms with E-state index in [-0.39, 0.29) is 11.3 Å². The number of rotatable bonds is 5. The molecular formula is C14H16N2O5. The third-order valence-electron chi connectivity index (χ3n) is 3.41. The Kier molecular flexibility index (Phi) is 4.54. The second-order valence-corrected chi connectivity index (χ2v) is 4.76. The molecule has 0 aromatic heterocycles. The summed E-state index contributed by atoms with van der Waals surface area (Å²) in [6.07, 6.45) is 2.85. The van der Waals surface area contributed by atoms with E-state index in [0.29, 0.717) is 18.8 Å². The number of nitrogens with zero attached hydrogens (tertiary/aromatic N) is 2. The van der Waals surface area contributed by atoms with Gasteiger partial charge in [-0.15, -0.1) is 0 Å². The summed E-state index contributed by atoms with van der Waals surface area (Å²) in [6, 6.07) is 4.20. The van der Waals surface area contributed by atoms with Gasteiger partial charge in [-0.1, -0.05) is 6.08 Å². The number of anilines is 1. The lowest BCUT2D eigenvalue weighted by molar-refractivity contribution is -0.385. The summed E-state index contributed by atoms with van der Waals surface area (Å²) in [5.41, 5.74) is 1.17. The fourth-order valence-corrected chi connectivity index (χ4v) is 2.31. The van der Waals surface area contributed by atoms with E-state index in [9.17, 15) is 14.9 Å². The van der Waals surface area contributed by atoms with Crippen molar-refractivity contribution in [2.45, 2.75) is 6.42 Å². The van der Waals surface area contributed by atoms with Crippen molar-refractivity contribution in [1.29, 1.82) is 0 Å². The molecular weight excluding hydrogens is 276 g/mol. The van der Waals surface area contributed by atoms with E-state index in [1.54, 1.807) is 13.2 Å². The van der Waals surface area contributed by atoms with E-state index < -0.39 is 10.9 Å². The number of nitro benzene ring substituents is 1. The van der Waals surface area contributed by atoms with Crippen molar-refractivity contribution in [3.8, 4) is 0 Å². The molecule has 2 rings (SSSR count). The van der Waals surface area contributed by atoms with Crippen LogP contribution in [0.4, 0.5) is 11.4 Å². The van der Waals surface area contributed by atoms with Crippen molar-refractivity contribution in [3.05, 3.63) is 45.5 Å². The van der Waals surface area contributed by atoms with Gasteiger partial charge in [0.25, 0.3) is 5.69 Å². The topological polar surface area (TPSA) is 92.9 Å². The molecule has 7 heteroatoms. The highest BCUT2D eigenvalue weighted by Crippen LogP contribution is 2.27. The number of benzene rings is 1. The van der Waals surface area contributed by atoms with Crippen LogP contribution in [0.5, 0.6) is 0 Å². The van der Waals surface area contributed by atoms with Gasteiger partial charge in [0.2, 0.25) is 0 Å². The van der Waals surface area contributed by atoms with Crippen LogP contribution in [-0.4, -0.2) is 42.8 Å². The Morgan fingerprint density at radius 1 is 1.52 bits per heavy atom. The fourth-order valence-electron chi connectivity index (χ4n) is 2.31. The van der Waals surface area contributed by atoms with Gasteiger partial charge in [-0.2, -0.15) is 0 Å². The molecule has 0 unspecified atom stereocenters. The van der Waals surface area contributed by atoms with Crippen molar-refractivity contribution in [3.63, 3.8) is 0 Å². The van der Waals surface area contributed by atoms with Crippen LogP contribution >= 0.6 is 0 Å². The zero-order valence-corrected chi connectivity index (χ0v) is 11.6. The number of aromatic carboxylic acids is 1. The van der Waals surface area contributed by atoms with Crippen LogP contribution in [0.1, 0.15) is 16.8 Å².